The lowest BCUT2D eigenvalue weighted by Crippen LogP contribution is -2.56. The highest BCUT2D eigenvalue weighted by molar-refractivity contribution is 9.10. The number of nitrogens with one attached hydrogen (secondary N) is 1. The molecule has 0 aromatic heterocycles. The van der Waals surface area contributed by atoms with E-state index in [-0.39, 0.29) is 5.82 Å². The number of piperazine rings is 1. The molecule has 1 heterocycles. The van der Waals surface area contributed by atoms with Crippen LogP contribution in [0.2, 0.25) is 0 Å². The van der Waals surface area contributed by atoms with Crippen LogP contribution in [0.5, 0.6) is 0 Å². The molecule has 2 unspecified atom stereocenters. The Morgan fingerprint density at radius 3 is 2.86 bits per heavy atom. The van der Waals surface area contributed by atoms with Crippen molar-refractivity contribution in [3.8, 4) is 0 Å². The largest absolute Gasteiger partial charge is 0.311 e. The molecule has 2 nitrogen and oxygen atoms in total. The molecule has 1 N–H and O–H groups in total. The normalized spacial score (nSPS) is 23.7. The third-order valence-electron chi connectivity index (χ3n) is 4.22. The van der Waals surface area contributed by atoms with Crippen LogP contribution in [0.3, 0.4) is 0 Å². The van der Waals surface area contributed by atoms with Gasteiger partial charge in [0.15, 0.2) is 0 Å². The molecule has 1 saturated heterocycles. The molecule has 1 aromatic carbocycles. The minimum absolute atomic E-state index is 0.105. The van der Waals surface area contributed by atoms with E-state index in [2.05, 4.69) is 46.9 Å². The molecule has 2 atom stereocenters. The highest BCUT2D eigenvalue weighted by atomic mass is 79.9. The Kier molecular flexibility index (Phi) is 6.20. The van der Waals surface area contributed by atoms with Gasteiger partial charge in [0.1, 0.15) is 5.82 Å². The van der Waals surface area contributed by atoms with Crippen LogP contribution in [0, 0.1) is 11.7 Å². The zero-order valence-electron chi connectivity index (χ0n) is 13.2. The predicted molar refractivity (Wildman–Crippen MR) is 89.8 cm³/mol. The summed E-state index contributed by atoms with van der Waals surface area (Å²) in [5.74, 6) is 0.581. The summed E-state index contributed by atoms with van der Waals surface area (Å²) in [6.45, 7) is 9.42. The van der Waals surface area contributed by atoms with Crippen LogP contribution in [0.15, 0.2) is 22.7 Å². The van der Waals surface area contributed by atoms with Gasteiger partial charge in [-0.05, 0) is 37.0 Å². The fourth-order valence-corrected chi connectivity index (χ4v) is 3.54. The molecule has 0 spiro atoms. The van der Waals surface area contributed by atoms with E-state index in [1.54, 1.807) is 12.1 Å². The van der Waals surface area contributed by atoms with E-state index < -0.39 is 0 Å². The third kappa shape index (κ3) is 4.76. The van der Waals surface area contributed by atoms with Crippen LogP contribution >= 0.6 is 15.9 Å². The molecule has 1 aliphatic rings. The SMILES string of the molecule is CCC1CNC(CC(C)C)CN1Cc1cc(Br)ccc1F. The van der Waals surface area contributed by atoms with E-state index in [1.807, 2.05) is 6.07 Å². The maximum absolute atomic E-state index is 14.0. The van der Waals surface area contributed by atoms with Gasteiger partial charge in [0.05, 0.1) is 0 Å². The van der Waals surface area contributed by atoms with E-state index in [0.717, 1.165) is 29.5 Å². The first-order valence-corrected chi connectivity index (χ1v) is 8.70. The highest BCUT2D eigenvalue weighted by Crippen LogP contribution is 2.21. The molecular weight excluding hydrogens is 331 g/mol. The van der Waals surface area contributed by atoms with Crippen molar-refractivity contribution in [1.29, 1.82) is 0 Å². The van der Waals surface area contributed by atoms with Crippen molar-refractivity contribution in [2.75, 3.05) is 13.1 Å². The van der Waals surface area contributed by atoms with Gasteiger partial charge in [-0.3, -0.25) is 4.90 Å². The molecular formula is C17H26BrFN2. The fourth-order valence-electron chi connectivity index (χ4n) is 3.13. The van der Waals surface area contributed by atoms with Gasteiger partial charge in [0.25, 0.3) is 0 Å². The van der Waals surface area contributed by atoms with Gasteiger partial charge in [-0.25, -0.2) is 4.39 Å². The number of hydrogen-bond donors (Lipinski definition) is 1. The van der Waals surface area contributed by atoms with Crippen molar-refractivity contribution in [2.24, 2.45) is 5.92 Å². The van der Waals surface area contributed by atoms with Gasteiger partial charge in [-0.2, -0.15) is 0 Å². The van der Waals surface area contributed by atoms with Crippen LogP contribution in [0.4, 0.5) is 4.39 Å². The Hall–Kier alpha value is -0.450. The lowest BCUT2D eigenvalue weighted by molar-refractivity contribution is 0.110. The maximum atomic E-state index is 14.0. The van der Waals surface area contributed by atoms with E-state index in [4.69, 9.17) is 0 Å². The van der Waals surface area contributed by atoms with Crippen molar-refractivity contribution in [2.45, 2.75) is 52.2 Å². The molecule has 0 radical (unpaired) electrons. The zero-order chi connectivity index (χ0) is 15.4. The zero-order valence-corrected chi connectivity index (χ0v) is 14.8. The minimum Gasteiger partial charge on any atom is -0.311 e. The molecule has 0 amide bonds. The van der Waals surface area contributed by atoms with Gasteiger partial charge < -0.3 is 5.32 Å². The number of benzene rings is 1. The van der Waals surface area contributed by atoms with Crippen LogP contribution < -0.4 is 5.32 Å². The standard InChI is InChI=1S/C17H26BrFN2/c1-4-16-9-20-15(7-12(2)3)11-21(16)10-13-8-14(18)5-6-17(13)19/h5-6,8,12,15-16,20H,4,7,9-11H2,1-3H3. The number of halogens is 2. The molecule has 4 heteroatoms. The van der Waals surface area contributed by atoms with E-state index in [9.17, 15) is 4.39 Å². The van der Waals surface area contributed by atoms with Gasteiger partial charge in [0.2, 0.25) is 0 Å². The minimum atomic E-state index is -0.105. The average molecular weight is 357 g/mol. The van der Waals surface area contributed by atoms with Crippen LogP contribution in [-0.2, 0) is 6.54 Å². The van der Waals surface area contributed by atoms with E-state index in [0.29, 0.717) is 24.5 Å². The first-order chi connectivity index (χ1) is 9.99. The second-order valence-corrected chi connectivity index (χ2v) is 7.38. The Bertz CT molecular complexity index is 464. The second-order valence-electron chi connectivity index (χ2n) is 6.46. The van der Waals surface area contributed by atoms with Crippen LogP contribution in [0.1, 0.15) is 39.2 Å². The third-order valence-corrected chi connectivity index (χ3v) is 4.72. The Labute approximate surface area is 136 Å². The molecule has 118 valence electrons. The topological polar surface area (TPSA) is 15.3 Å². The quantitative estimate of drug-likeness (QED) is 0.850. The summed E-state index contributed by atoms with van der Waals surface area (Å²) in [6, 6.07) is 6.22. The first kappa shape index (κ1) is 16.9. The van der Waals surface area contributed by atoms with Crippen LogP contribution in [-0.4, -0.2) is 30.1 Å². The molecule has 0 saturated carbocycles. The molecule has 0 aliphatic carbocycles. The van der Waals surface area contributed by atoms with Crippen molar-refractivity contribution in [3.05, 3.63) is 34.1 Å². The summed E-state index contributed by atoms with van der Waals surface area (Å²) in [4.78, 5) is 2.44. The molecule has 0 bridgehead atoms. The van der Waals surface area contributed by atoms with Gasteiger partial charge >= 0.3 is 0 Å². The van der Waals surface area contributed by atoms with E-state index >= 15 is 0 Å². The highest BCUT2D eigenvalue weighted by Gasteiger charge is 2.27. The first-order valence-electron chi connectivity index (χ1n) is 7.91. The molecule has 1 fully saturated rings. The van der Waals surface area contributed by atoms with Crippen molar-refractivity contribution in [3.63, 3.8) is 0 Å². The summed E-state index contributed by atoms with van der Waals surface area (Å²) in [5, 5.41) is 3.65. The van der Waals surface area contributed by atoms with Crippen LogP contribution in [0.25, 0.3) is 0 Å². The molecule has 21 heavy (non-hydrogen) atoms. The smallest absolute Gasteiger partial charge is 0.127 e. The molecule has 1 aromatic rings. The van der Waals surface area contributed by atoms with Crippen molar-refractivity contribution in [1.82, 2.24) is 10.2 Å². The van der Waals surface area contributed by atoms with Gasteiger partial charge in [-0.15, -0.1) is 0 Å². The number of hydrogen-bond acceptors (Lipinski definition) is 2. The lowest BCUT2D eigenvalue weighted by atomic mass is 9.98. The predicted octanol–water partition coefficient (Wildman–Crippen LogP) is 4.19. The summed E-state index contributed by atoms with van der Waals surface area (Å²) in [6.07, 6.45) is 2.27. The monoisotopic (exact) mass is 356 g/mol. The summed E-state index contributed by atoms with van der Waals surface area (Å²) < 4.78 is 14.9. The Morgan fingerprint density at radius 1 is 1.43 bits per heavy atom. The molecule has 1 aliphatic heterocycles. The number of nitrogens with zero attached hydrogens (tertiary/aromatic N) is 1. The summed E-state index contributed by atoms with van der Waals surface area (Å²) >= 11 is 3.44. The van der Waals surface area contributed by atoms with Crippen molar-refractivity contribution < 1.29 is 4.39 Å². The van der Waals surface area contributed by atoms with E-state index in [1.165, 1.54) is 6.42 Å². The maximum Gasteiger partial charge on any atom is 0.127 e. The van der Waals surface area contributed by atoms with Gasteiger partial charge in [0, 0.05) is 41.8 Å². The lowest BCUT2D eigenvalue weighted by Gasteiger charge is -2.41. The Morgan fingerprint density at radius 2 is 2.19 bits per heavy atom. The second kappa shape index (κ2) is 7.70. The summed E-state index contributed by atoms with van der Waals surface area (Å²) in [5.41, 5.74) is 0.785. The van der Waals surface area contributed by atoms with Gasteiger partial charge in [-0.1, -0.05) is 36.7 Å². The summed E-state index contributed by atoms with van der Waals surface area (Å²) in [7, 11) is 0. The average Bonchev–Trinajstić information content (AvgIpc) is 2.42. The number of rotatable bonds is 5. The van der Waals surface area contributed by atoms with Crippen molar-refractivity contribution >= 4 is 15.9 Å². The Balaban J connectivity index is 2.08. The molecule has 2 rings (SSSR count). The fraction of sp³-hybridized carbons (Fsp3) is 0.647.